The minimum absolute atomic E-state index is 0.00834. The SMILES string of the molecule is CCC(C)Oc1ccc2c(c1)N(Cc1ccc(Br)cc1F)C(=O)C(CC(=O)O)S2. The highest BCUT2D eigenvalue weighted by Gasteiger charge is 2.35. The highest BCUT2D eigenvalue weighted by Crippen LogP contribution is 2.43. The number of rotatable bonds is 7. The summed E-state index contributed by atoms with van der Waals surface area (Å²) in [5, 5.41) is 8.42. The first-order valence-electron chi connectivity index (χ1n) is 9.23. The molecule has 0 aromatic heterocycles. The summed E-state index contributed by atoms with van der Waals surface area (Å²) in [7, 11) is 0. The zero-order valence-electron chi connectivity index (χ0n) is 16.0. The van der Waals surface area contributed by atoms with Gasteiger partial charge in [0.25, 0.3) is 0 Å². The standard InChI is InChI=1S/C21H21BrFNO4S/c1-3-12(2)28-15-6-7-18-17(9-15)24(21(27)19(29-18)10-20(25)26)11-13-4-5-14(22)8-16(13)23/h4-9,12,19H,3,10-11H2,1-2H3,(H,25,26). The normalized spacial score (nSPS) is 17.0. The Balaban J connectivity index is 1.99. The number of nitrogens with zero attached hydrogens (tertiary/aromatic N) is 1. The Bertz CT molecular complexity index is 939. The predicted octanol–water partition coefficient (Wildman–Crippen LogP) is 5.25. The van der Waals surface area contributed by atoms with E-state index < -0.39 is 17.0 Å². The van der Waals surface area contributed by atoms with Crippen molar-refractivity contribution in [3.05, 3.63) is 52.3 Å². The van der Waals surface area contributed by atoms with Gasteiger partial charge in [-0.25, -0.2) is 4.39 Å². The van der Waals surface area contributed by atoms with Crippen LogP contribution in [0.1, 0.15) is 32.3 Å². The van der Waals surface area contributed by atoms with Crippen molar-refractivity contribution >= 4 is 45.3 Å². The zero-order valence-corrected chi connectivity index (χ0v) is 18.4. The van der Waals surface area contributed by atoms with E-state index in [-0.39, 0.29) is 25.0 Å². The second-order valence-corrected chi connectivity index (χ2v) is 8.99. The van der Waals surface area contributed by atoms with Gasteiger partial charge in [0, 0.05) is 21.0 Å². The Morgan fingerprint density at radius 3 is 2.76 bits per heavy atom. The van der Waals surface area contributed by atoms with Crippen LogP contribution in [-0.4, -0.2) is 28.3 Å². The molecular weight excluding hydrogens is 461 g/mol. The fraction of sp³-hybridized carbons (Fsp3) is 0.333. The van der Waals surface area contributed by atoms with Gasteiger partial charge >= 0.3 is 5.97 Å². The predicted molar refractivity (Wildman–Crippen MR) is 114 cm³/mol. The number of hydrogen-bond donors (Lipinski definition) is 1. The van der Waals surface area contributed by atoms with Gasteiger partial charge in [0.1, 0.15) is 11.6 Å². The minimum Gasteiger partial charge on any atom is -0.491 e. The molecule has 1 amide bonds. The average molecular weight is 482 g/mol. The Morgan fingerprint density at radius 1 is 1.34 bits per heavy atom. The van der Waals surface area contributed by atoms with Crippen LogP contribution < -0.4 is 9.64 Å². The minimum atomic E-state index is -1.05. The van der Waals surface area contributed by atoms with Gasteiger partial charge in [0.15, 0.2) is 0 Å². The van der Waals surface area contributed by atoms with Crippen LogP contribution in [0.4, 0.5) is 10.1 Å². The van der Waals surface area contributed by atoms with E-state index in [1.165, 1.54) is 22.7 Å². The van der Waals surface area contributed by atoms with Gasteiger partial charge in [-0.1, -0.05) is 28.9 Å². The molecular formula is C21H21BrFNO4S. The molecule has 5 nitrogen and oxygen atoms in total. The van der Waals surface area contributed by atoms with Gasteiger partial charge in [-0.15, -0.1) is 11.8 Å². The number of aliphatic carboxylic acids is 1. The van der Waals surface area contributed by atoms with E-state index in [4.69, 9.17) is 4.74 Å². The number of halogens is 2. The number of ether oxygens (including phenoxy) is 1. The summed E-state index contributed by atoms with van der Waals surface area (Å²) in [6, 6.07) is 10.1. The molecule has 3 rings (SSSR count). The van der Waals surface area contributed by atoms with E-state index in [1.807, 2.05) is 26.0 Å². The van der Waals surface area contributed by atoms with E-state index in [9.17, 15) is 19.1 Å². The van der Waals surface area contributed by atoms with Crippen molar-refractivity contribution in [2.45, 2.75) is 49.5 Å². The first-order chi connectivity index (χ1) is 13.8. The molecule has 0 bridgehead atoms. The lowest BCUT2D eigenvalue weighted by molar-refractivity contribution is -0.138. The second kappa shape index (κ2) is 9.17. The van der Waals surface area contributed by atoms with Crippen molar-refractivity contribution < 1.29 is 23.8 Å². The molecule has 1 N–H and O–H groups in total. The van der Waals surface area contributed by atoms with E-state index in [2.05, 4.69) is 15.9 Å². The number of carboxylic acid groups (broad SMARTS) is 1. The molecule has 154 valence electrons. The number of carbonyl (C=O) groups is 2. The lowest BCUT2D eigenvalue weighted by atomic mass is 10.1. The van der Waals surface area contributed by atoms with Gasteiger partial charge < -0.3 is 14.7 Å². The van der Waals surface area contributed by atoms with Crippen LogP contribution in [-0.2, 0) is 16.1 Å². The quantitative estimate of drug-likeness (QED) is 0.584. The molecule has 2 aromatic rings. The molecule has 1 aliphatic rings. The number of thioether (sulfide) groups is 1. The number of amides is 1. The molecule has 0 saturated heterocycles. The van der Waals surface area contributed by atoms with E-state index >= 15 is 0 Å². The number of anilines is 1. The Labute approximate surface area is 181 Å². The van der Waals surface area contributed by atoms with Crippen molar-refractivity contribution in [1.29, 1.82) is 0 Å². The van der Waals surface area contributed by atoms with E-state index in [1.54, 1.807) is 18.2 Å². The van der Waals surface area contributed by atoms with Crippen molar-refractivity contribution in [2.75, 3.05) is 4.90 Å². The summed E-state index contributed by atoms with van der Waals surface area (Å²) < 4.78 is 20.9. The van der Waals surface area contributed by atoms with Gasteiger partial charge in [-0.05, 0) is 37.6 Å². The summed E-state index contributed by atoms with van der Waals surface area (Å²) in [5.74, 6) is -1.23. The fourth-order valence-corrected chi connectivity index (χ4v) is 4.49. The Morgan fingerprint density at radius 2 is 2.10 bits per heavy atom. The Hall–Kier alpha value is -2.06. The molecule has 1 heterocycles. The smallest absolute Gasteiger partial charge is 0.305 e. The topological polar surface area (TPSA) is 66.8 Å². The summed E-state index contributed by atoms with van der Waals surface area (Å²) >= 11 is 4.45. The fourth-order valence-electron chi connectivity index (χ4n) is 2.96. The summed E-state index contributed by atoms with van der Waals surface area (Å²) in [4.78, 5) is 26.5. The number of carboxylic acids is 1. The third-order valence-electron chi connectivity index (χ3n) is 4.65. The van der Waals surface area contributed by atoms with Crippen LogP contribution in [0.5, 0.6) is 5.75 Å². The van der Waals surface area contributed by atoms with Crippen LogP contribution >= 0.6 is 27.7 Å². The van der Waals surface area contributed by atoms with Crippen LogP contribution in [0.3, 0.4) is 0 Å². The largest absolute Gasteiger partial charge is 0.491 e. The lowest BCUT2D eigenvalue weighted by Crippen LogP contribution is -2.41. The number of carbonyl (C=O) groups excluding carboxylic acids is 1. The van der Waals surface area contributed by atoms with Crippen LogP contribution in [0.2, 0.25) is 0 Å². The van der Waals surface area contributed by atoms with Gasteiger partial charge in [-0.3, -0.25) is 9.59 Å². The maximum Gasteiger partial charge on any atom is 0.305 e. The molecule has 0 saturated carbocycles. The Kier molecular flexibility index (Phi) is 6.85. The van der Waals surface area contributed by atoms with Crippen LogP contribution in [0, 0.1) is 5.82 Å². The molecule has 8 heteroatoms. The second-order valence-electron chi connectivity index (χ2n) is 6.83. The van der Waals surface area contributed by atoms with Crippen molar-refractivity contribution in [2.24, 2.45) is 0 Å². The number of benzene rings is 2. The molecule has 1 aliphatic heterocycles. The van der Waals surface area contributed by atoms with Crippen molar-refractivity contribution in [1.82, 2.24) is 0 Å². The van der Waals surface area contributed by atoms with Gasteiger partial charge in [0.2, 0.25) is 5.91 Å². The lowest BCUT2D eigenvalue weighted by Gasteiger charge is -2.34. The van der Waals surface area contributed by atoms with Gasteiger partial charge in [0.05, 0.1) is 30.0 Å². The van der Waals surface area contributed by atoms with Gasteiger partial charge in [-0.2, -0.15) is 0 Å². The number of fused-ring (bicyclic) bond motifs is 1. The molecule has 0 spiro atoms. The molecule has 0 aliphatic carbocycles. The first-order valence-corrected chi connectivity index (χ1v) is 10.9. The molecule has 29 heavy (non-hydrogen) atoms. The highest BCUT2D eigenvalue weighted by atomic mass is 79.9. The third-order valence-corrected chi connectivity index (χ3v) is 6.39. The highest BCUT2D eigenvalue weighted by molar-refractivity contribution is 9.10. The maximum absolute atomic E-state index is 14.4. The van der Waals surface area contributed by atoms with E-state index in [0.29, 0.717) is 21.5 Å². The molecule has 0 fully saturated rings. The molecule has 2 atom stereocenters. The third kappa shape index (κ3) is 5.11. The van der Waals surface area contributed by atoms with Crippen LogP contribution in [0.25, 0.3) is 0 Å². The molecule has 2 unspecified atom stereocenters. The monoisotopic (exact) mass is 481 g/mol. The zero-order chi connectivity index (χ0) is 21.1. The first kappa shape index (κ1) is 21.6. The average Bonchev–Trinajstić information content (AvgIpc) is 2.66. The summed E-state index contributed by atoms with van der Waals surface area (Å²) in [6.07, 6.45) is 0.546. The molecule has 2 aromatic carbocycles. The van der Waals surface area contributed by atoms with Crippen molar-refractivity contribution in [3.63, 3.8) is 0 Å². The summed E-state index contributed by atoms with van der Waals surface area (Å²) in [6.45, 7) is 3.98. The summed E-state index contributed by atoms with van der Waals surface area (Å²) in [5.41, 5.74) is 0.950. The molecule has 0 radical (unpaired) electrons. The maximum atomic E-state index is 14.4. The number of hydrogen-bond acceptors (Lipinski definition) is 4. The van der Waals surface area contributed by atoms with Crippen molar-refractivity contribution in [3.8, 4) is 5.75 Å². The van der Waals surface area contributed by atoms with Crippen LogP contribution in [0.15, 0.2) is 45.8 Å². The van der Waals surface area contributed by atoms with E-state index in [0.717, 1.165) is 11.3 Å².